The summed E-state index contributed by atoms with van der Waals surface area (Å²) in [5.74, 6) is 0.320. The summed E-state index contributed by atoms with van der Waals surface area (Å²) in [4.78, 5) is 38.2. The fraction of sp³-hybridized carbons (Fsp3) is 0.300. The van der Waals surface area contributed by atoms with Crippen LogP contribution in [0, 0.1) is 0 Å². The molecule has 3 heterocycles. The van der Waals surface area contributed by atoms with Crippen molar-refractivity contribution in [2.45, 2.75) is 18.4 Å². The number of halogens is 2. The summed E-state index contributed by atoms with van der Waals surface area (Å²) in [6, 6.07) is 34.9. The van der Waals surface area contributed by atoms with Gasteiger partial charge in [0.25, 0.3) is 5.56 Å². The molecule has 1 unspecified atom stereocenters. The topological polar surface area (TPSA) is 101 Å². The Kier molecular flexibility index (Phi) is 15.4. The van der Waals surface area contributed by atoms with Crippen molar-refractivity contribution in [2.75, 3.05) is 47.9 Å². The van der Waals surface area contributed by atoms with Crippen molar-refractivity contribution in [3.63, 3.8) is 0 Å². The van der Waals surface area contributed by atoms with Gasteiger partial charge in [-0.3, -0.25) is 18.9 Å². The average Bonchev–Trinajstić information content (AvgIpc) is 3.56. The van der Waals surface area contributed by atoms with E-state index >= 15 is 0 Å². The molecule has 0 saturated heterocycles. The highest BCUT2D eigenvalue weighted by Crippen LogP contribution is 2.28. The predicted octanol–water partition coefficient (Wildman–Crippen LogP) is 6.79. The number of aryl methyl sites for hydroxylation is 1. The van der Waals surface area contributed by atoms with Crippen molar-refractivity contribution in [3.8, 4) is 0 Å². The molecule has 0 aliphatic carbocycles. The van der Waals surface area contributed by atoms with Crippen LogP contribution in [0.15, 0.2) is 119 Å². The van der Waals surface area contributed by atoms with Crippen molar-refractivity contribution in [2.24, 2.45) is 14.1 Å². The third-order valence-corrected chi connectivity index (χ3v) is 8.71. The molecule has 12 heteroatoms. The normalized spacial score (nSPS) is 11.7. The number of likely N-dealkylation sites (N-methyl/N-ethyl adjacent to an activating group) is 1. The minimum Gasteiger partial charge on any atom is -0.367 e. The average molecular weight is 745 g/mol. The van der Waals surface area contributed by atoms with Gasteiger partial charge < -0.3 is 19.5 Å². The van der Waals surface area contributed by atoms with E-state index in [1.807, 2.05) is 42.6 Å². The van der Waals surface area contributed by atoms with Gasteiger partial charge in [-0.1, -0.05) is 90.5 Å². The van der Waals surface area contributed by atoms with Crippen molar-refractivity contribution in [1.82, 2.24) is 33.9 Å². The number of rotatable bonds is 11. The summed E-state index contributed by atoms with van der Waals surface area (Å²) in [6.07, 6.45) is 2.92. The van der Waals surface area contributed by atoms with Gasteiger partial charge in [0.05, 0.1) is 6.61 Å². The van der Waals surface area contributed by atoms with E-state index in [-0.39, 0.29) is 22.6 Å². The summed E-state index contributed by atoms with van der Waals surface area (Å²) in [5, 5.41) is 0.870. The molecule has 52 heavy (non-hydrogen) atoms. The molecule has 0 radical (unpaired) electrons. The number of nitrogens with zero attached hydrogens (tertiary/aromatic N) is 6. The SMILES string of the molecule is CN(C)CCC(c1ccc(Cl)cc1)c1ccccn1.CN(C)CCOC(c1ccccc1)c1ccccc1.Cn1c(=O)c2[nH]c(Cl)nc2n(C)c1=O. The molecule has 0 amide bonds. The lowest BCUT2D eigenvalue weighted by atomic mass is 9.92. The van der Waals surface area contributed by atoms with Crippen LogP contribution in [0.1, 0.15) is 40.8 Å². The third-order valence-electron chi connectivity index (χ3n) is 8.28. The van der Waals surface area contributed by atoms with Gasteiger partial charge in [-0.2, -0.15) is 4.98 Å². The second-order valence-electron chi connectivity index (χ2n) is 12.8. The van der Waals surface area contributed by atoms with Gasteiger partial charge in [-0.25, -0.2) is 4.79 Å². The second-order valence-corrected chi connectivity index (χ2v) is 13.6. The second kappa shape index (κ2) is 19.9. The first-order valence-corrected chi connectivity index (χ1v) is 17.7. The molecule has 0 aliphatic rings. The van der Waals surface area contributed by atoms with Crippen LogP contribution in [0.4, 0.5) is 0 Å². The summed E-state index contributed by atoms with van der Waals surface area (Å²) in [5.41, 5.74) is 4.44. The predicted molar refractivity (Wildman–Crippen MR) is 212 cm³/mol. The van der Waals surface area contributed by atoms with E-state index in [1.54, 1.807) is 0 Å². The summed E-state index contributed by atoms with van der Waals surface area (Å²) in [7, 11) is 11.2. The van der Waals surface area contributed by atoms with E-state index in [2.05, 4.69) is 120 Å². The van der Waals surface area contributed by atoms with Crippen LogP contribution >= 0.6 is 23.2 Å². The molecule has 1 atom stereocenters. The van der Waals surface area contributed by atoms with E-state index in [0.29, 0.717) is 5.92 Å². The van der Waals surface area contributed by atoms with E-state index in [9.17, 15) is 9.59 Å². The highest BCUT2D eigenvalue weighted by Gasteiger charge is 2.16. The first kappa shape index (κ1) is 40.2. The first-order valence-electron chi connectivity index (χ1n) is 16.9. The Hall–Kier alpha value is -4.58. The van der Waals surface area contributed by atoms with Crippen molar-refractivity contribution >= 4 is 34.4 Å². The Morgan fingerprint density at radius 3 is 1.85 bits per heavy atom. The lowest BCUT2D eigenvalue weighted by Crippen LogP contribution is -2.36. The maximum Gasteiger partial charge on any atom is 0.332 e. The maximum absolute atomic E-state index is 11.5. The number of H-pyrrole nitrogens is 1. The number of pyridine rings is 1. The van der Waals surface area contributed by atoms with Crippen LogP contribution in [-0.4, -0.2) is 81.8 Å². The quantitative estimate of drug-likeness (QED) is 0.146. The number of fused-ring (bicyclic) bond motifs is 1. The third kappa shape index (κ3) is 11.5. The molecule has 0 bridgehead atoms. The summed E-state index contributed by atoms with van der Waals surface area (Å²) in [6.45, 7) is 2.68. The van der Waals surface area contributed by atoms with Crippen molar-refractivity contribution in [3.05, 3.63) is 163 Å². The first-order chi connectivity index (χ1) is 25.0. The van der Waals surface area contributed by atoms with Crippen LogP contribution in [0.25, 0.3) is 11.2 Å². The van der Waals surface area contributed by atoms with E-state index in [0.717, 1.165) is 41.4 Å². The number of ether oxygens (including phenoxy) is 1. The van der Waals surface area contributed by atoms with Crippen LogP contribution in [-0.2, 0) is 18.8 Å². The van der Waals surface area contributed by atoms with Gasteiger partial charge in [-0.05, 0) is 93.7 Å². The lowest BCUT2D eigenvalue weighted by molar-refractivity contribution is 0.0687. The molecule has 0 saturated carbocycles. The van der Waals surface area contributed by atoms with Gasteiger partial charge >= 0.3 is 5.69 Å². The lowest BCUT2D eigenvalue weighted by Gasteiger charge is -2.20. The summed E-state index contributed by atoms with van der Waals surface area (Å²) < 4.78 is 8.34. The standard InChI is InChI=1S/C17H21NO.C16H19ClN2.C7H7ClN4O2/c1-18(2)13-14-19-17(15-9-5-3-6-10-15)16-11-7-4-8-12-16;1-19(2)12-10-15(16-5-3-4-11-18-16)13-6-8-14(17)9-7-13;1-11-4-3(9-6(8)10-4)5(13)12(2)7(11)14/h3-12,17H,13-14H2,1-2H3;3-9,11,15H,10,12H2,1-2H3;1-2H3,(H,9,10). The molecule has 0 aliphatic heterocycles. The van der Waals surface area contributed by atoms with Gasteiger partial charge in [-0.15, -0.1) is 0 Å². The summed E-state index contributed by atoms with van der Waals surface area (Å²) >= 11 is 11.6. The number of hydrogen-bond acceptors (Lipinski definition) is 7. The number of hydrogen-bond donors (Lipinski definition) is 1. The molecule has 3 aromatic heterocycles. The maximum atomic E-state index is 11.5. The van der Waals surface area contributed by atoms with Crippen molar-refractivity contribution in [1.29, 1.82) is 0 Å². The molecule has 3 aromatic carbocycles. The zero-order valence-electron chi connectivity index (χ0n) is 30.5. The molecule has 1 N–H and O–H groups in total. The fourth-order valence-electron chi connectivity index (χ4n) is 5.44. The molecule has 10 nitrogen and oxygen atoms in total. The smallest absolute Gasteiger partial charge is 0.332 e. The number of aromatic amines is 1. The zero-order valence-corrected chi connectivity index (χ0v) is 32.1. The van der Waals surface area contributed by atoms with Gasteiger partial charge in [0, 0.05) is 43.5 Å². The Balaban J connectivity index is 0.000000177. The number of benzene rings is 3. The number of aromatic nitrogens is 5. The molecule has 274 valence electrons. The molecule has 6 aromatic rings. The van der Waals surface area contributed by atoms with Crippen molar-refractivity contribution < 1.29 is 4.74 Å². The largest absolute Gasteiger partial charge is 0.367 e. The minimum atomic E-state index is -0.428. The van der Waals surface area contributed by atoms with Crippen LogP contribution in [0.2, 0.25) is 10.3 Å². The Morgan fingerprint density at radius 1 is 0.731 bits per heavy atom. The van der Waals surface area contributed by atoms with Crippen LogP contribution in [0.3, 0.4) is 0 Å². The molecular formula is C40H47Cl2N7O3. The fourth-order valence-corrected chi connectivity index (χ4v) is 5.74. The Bertz CT molecular complexity index is 2030. The minimum absolute atomic E-state index is 0.0161. The highest BCUT2D eigenvalue weighted by atomic mass is 35.5. The zero-order chi connectivity index (χ0) is 37.6. The van der Waals surface area contributed by atoms with Gasteiger partial charge in [0.2, 0.25) is 5.28 Å². The Morgan fingerprint density at radius 2 is 1.31 bits per heavy atom. The highest BCUT2D eigenvalue weighted by molar-refractivity contribution is 6.30. The molecule has 6 rings (SSSR count). The monoisotopic (exact) mass is 743 g/mol. The van der Waals surface area contributed by atoms with E-state index < -0.39 is 11.2 Å². The number of nitrogens with one attached hydrogen (secondary N) is 1. The molecule has 0 fully saturated rings. The van der Waals surface area contributed by atoms with Gasteiger partial charge in [0.15, 0.2) is 11.2 Å². The van der Waals surface area contributed by atoms with Gasteiger partial charge in [0.1, 0.15) is 6.10 Å². The van der Waals surface area contributed by atoms with Crippen LogP contribution < -0.4 is 11.2 Å². The molecular weight excluding hydrogens is 697 g/mol. The van der Waals surface area contributed by atoms with E-state index in [1.165, 1.54) is 35.4 Å². The van der Waals surface area contributed by atoms with E-state index in [4.69, 9.17) is 27.9 Å². The van der Waals surface area contributed by atoms with Crippen LogP contribution in [0.5, 0.6) is 0 Å². The Labute approximate surface area is 315 Å². The number of imidazole rings is 1. The molecule has 0 spiro atoms.